The summed E-state index contributed by atoms with van der Waals surface area (Å²) >= 11 is 0. The lowest BCUT2D eigenvalue weighted by molar-refractivity contribution is -0.138. The zero-order valence-electron chi connectivity index (χ0n) is 11.8. The van der Waals surface area contributed by atoms with Gasteiger partial charge in [0.15, 0.2) is 0 Å². The lowest BCUT2D eigenvalue weighted by atomic mass is 9.98. The molecule has 0 amide bonds. The van der Waals surface area contributed by atoms with E-state index in [9.17, 15) is 13.2 Å². The molecule has 0 bridgehead atoms. The predicted molar refractivity (Wildman–Crippen MR) is 73.3 cm³/mol. The Labute approximate surface area is 114 Å². The Balaban J connectivity index is 2.54. The van der Waals surface area contributed by atoms with Crippen LogP contribution in [-0.4, -0.2) is 0 Å². The van der Waals surface area contributed by atoms with Crippen molar-refractivity contribution >= 4 is 0 Å². The molecule has 0 saturated heterocycles. The Morgan fingerprint density at radius 1 is 0.947 bits per heavy atom. The molecular weight excluding hydrogens is 249 g/mol. The van der Waals surface area contributed by atoms with Gasteiger partial charge in [-0.1, -0.05) is 56.7 Å². The van der Waals surface area contributed by atoms with E-state index >= 15 is 0 Å². The van der Waals surface area contributed by atoms with E-state index in [2.05, 4.69) is 6.92 Å². The van der Waals surface area contributed by atoms with E-state index in [1.165, 1.54) is 25.3 Å². The highest BCUT2D eigenvalue weighted by Crippen LogP contribution is 2.33. The highest BCUT2D eigenvalue weighted by molar-refractivity contribution is 5.33. The van der Waals surface area contributed by atoms with Gasteiger partial charge in [-0.15, -0.1) is 0 Å². The van der Waals surface area contributed by atoms with E-state index in [0.29, 0.717) is 17.5 Å². The SMILES string of the molecule is CCCCCCCCc1ccc(C)cc1C(F)(F)F. The van der Waals surface area contributed by atoms with Crippen LogP contribution in [0.1, 0.15) is 62.1 Å². The molecule has 0 unspecified atom stereocenters. The van der Waals surface area contributed by atoms with E-state index < -0.39 is 11.7 Å². The molecule has 3 heteroatoms. The standard InChI is InChI=1S/C16H23F3/c1-3-4-5-6-7-8-9-14-11-10-13(2)12-15(14)16(17,18)19/h10-12H,3-9H2,1-2H3. The van der Waals surface area contributed by atoms with Gasteiger partial charge >= 0.3 is 6.18 Å². The van der Waals surface area contributed by atoms with Gasteiger partial charge in [0.05, 0.1) is 5.56 Å². The summed E-state index contributed by atoms with van der Waals surface area (Å²) in [6.07, 6.45) is 2.89. The Hall–Kier alpha value is -0.990. The highest BCUT2D eigenvalue weighted by atomic mass is 19.4. The third-order valence-electron chi connectivity index (χ3n) is 3.37. The van der Waals surface area contributed by atoms with Gasteiger partial charge in [0, 0.05) is 0 Å². The number of rotatable bonds is 7. The number of alkyl halides is 3. The molecular formula is C16H23F3. The fourth-order valence-electron chi connectivity index (χ4n) is 2.27. The second-order valence-corrected chi connectivity index (χ2v) is 5.18. The fraction of sp³-hybridized carbons (Fsp3) is 0.625. The molecule has 1 aromatic carbocycles. The molecule has 1 rings (SSSR count). The number of hydrogen-bond acceptors (Lipinski definition) is 0. The number of aryl methyl sites for hydroxylation is 2. The molecule has 0 heterocycles. The molecule has 0 aromatic heterocycles. The zero-order chi connectivity index (χ0) is 14.3. The Morgan fingerprint density at radius 2 is 1.58 bits per heavy atom. The van der Waals surface area contributed by atoms with Crippen LogP contribution in [0, 0.1) is 6.92 Å². The van der Waals surface area contributed by atoms with Gasteiger partial charge in [0.2, 0.25) is 0 Å². The molecule has 19 heavy (non-hydrogen) atoms. The van der Waals surface area contributed by atoms with E-state index in [4.69, 9.17) is 0 Å². The second-order valence-electron chi connectivity index (χ2n) is 5.18. The smallest absolute Gasteiger partial charge is 0.166 e. The van der Waals surface area contributed by atoms with Gasteiger partial charge in [-0.05, 0) is 31.4 Å². The van der Waals surface area contributed by atoms with Crippen LogP contribution in [0.5, 0.6) is 0 Å². The monoisotopic (exact) mass is 272 g/mol. The highest BCUT2D eigenvalue weighted by Gasteiger charge is 2.32. The molecule has 0 aliphatic heterocycles. The van der Waals surface area contributed by atoms with E-state index in [1.807, 2.05) is 0 Å². The summed E-state index contributed by atoms with van der Waals surface area (Å²) in [7, 11) is 0. The molecule has 108 valence electrons. The minimum Gasteiger partial charge on any atom is -0.166 e. The van der Waals surface area contributed by atoms with Crippen molar-refractivity contribution in [3.63, 3.8) is 0 Å². The van der Waals surface area contributed by atoms with Crippen LogP contribution in [0.2, 0.25) is 0 Å². The molecule has 0 aliphatic carbocycles. The molecule has 0 aliphatic rings. The van der Waals surface area contributed by atoms with Gasteiger partial charge in [-0.3, -0.25) is 0 Å². The van der Waals surface area contributed by atoms with Gasteiger partial charge in [0.25, 0.3) is 0 Å². The molecule has 0 radical (unpaired) electrons. The number of hydrogen-bond donors (Lipinski definition) is 0. The van der Waals surface area contributed by atoms with Crippen molar-refractivity contribution in [2.24, 2.45) is 0 Å². The van der Waals surface area contributed by atoms with Crippen molar-refractivity contribution in [3.8, 4) is 0 Å². The fourth-order valence-corrected chi connectivity index (χ4v) is 2.27. The van der Waals surface area contributed by atoms with E-state index in [0.717, 1.165) is 19.3 Å². The van der Waals surface area contributed by atoms with Crippen LogP contribution in [0.4, 0.5) is 13.2 Å². The average Bonchev–Trinajstić information content (AvgIpc) is 2.34. The second kappa shape index (κ2) is 7.56. The van der Waals surface area contributed by atoms with Crippen molar-refractivity contribution < 1.29 is 13.2 Å². The van der Waals surface area contributed by atoms with Crippen LogP contribution in [0.25, 0.3) is 0 Å². The average molecular weight is 272 g/mol. The van der Waals surface area contributed by atoms with Crippen molar-refractivity contribution in [2.45, 2.75) is 65.0 Å². The van der Waals surface area contributed by atoms with E-state index in [-0.39, 0.29) is 0 Å². The maximum atomic E-state index is 12.9. The normalized spacial score (nSPS) is 11.8. The molecule has 1 aromatic rings. The molecule has 0 fully saturated rings. The summed E-state index contributed by atoms with van der Waals surface area (Å²) in [4.78, 5) is 0. The largest absolute Gasteiger partial charge is 0.416 e. The van der Waals surface area contributed by atoms with Crippen LogP contribution >= 0.6 is 0 Å². The number of halogens is 3. The summed E-state index contributed by atoms with van der Waals surface area (Å²) in [6, 6.07) is 4.65. The summed E-state index contributed by atoms with van der Waals surface area (Å²) in [5.74, 6) is 0. The minimum atomic E-state index is -4.23. The molecule has 0 nitrogen and oxygen atoms in total. The van der Waals surface area contributed by atoms with Crippen molar-refractivity contribution in [1.29, 1.82) is 0 Å². The summed E-state index contributed by atoms with van der Waals surface area (Å²) in [5.41, 5.74) is 0.647. The van der Waals surface area contributed by atoms with Gasteiger partial charge in [-0.2, -0.15) is 13.2 Å². The van der Waals surface area contributed by atoms with Crippen LogP contribution in [-0.2, 0) is 12.6 Å². The summed E-state index contributed by atoms with van der Waals surface area (Å²) in [6.45, 7) is 3.85. The Morgan fingerprint density at radius 3 is 2.21 bits per heavy atom. The van der Waals surface area contributed by atoms with Crippen molar-refractivity contribution in [3.05, 3.63) is 34.9 Å². The molecule has 0 N–H and O–H groups in total. The first-order valence-corrected chi connectivity index (χ1v) is 7.12. The predicted octanol–water partition coefficient (Wildman–Crippen LogP) is 5.92. The van der Waals surface area contributed by atoms with Crippen LogP contribution in [0.3, 0.4) is 0 Å². The number of unbranched alkanes of at least 4 members (excludes halogenated alkanes) is 5. The Kier molecular flexibility index (Phi) is 6.40. The molecule has 0 spiro atoms. The van der Waals surface area contributed by atoms with Crippen LogP contribution in [0.15, 0.2) is 18.2 Å². The molecule has 0 atom stereocenters. The van der Waals surface area contributed by atoms with Crippen molar-refractivity contribution in [2.75, 3.05) is 0 Å². The minimum absolute atomic E-state index is 0.439. The van der Waals surface area contributed by atoms with E-state index in [1.54, 1.807) is 19.1 Å². The molecule has 0 saturated carbocycles. The maximum Gasteiger partial charge on any atom is 0.416 e. The van der Waals surface area contributed by atoms with Gasteiger partial charge in [-0.25, -0.2) is 0 Å². The van der Waals surface area contributed by atoms with Gasteiger partial charge < -0.3 is 0 Å². The quantitative estimate of drug-likeness (QED) is 0.541. The topological polar surface area (TPSA) is 0 Å². The first-order chi connectivity index (χ1) is 8.95. The third-order valence-corrected chi connectivity index (χ3v) is 3.37. The summed E-state index contributed by atoms with van der Waals surface area (Å²) < 4.78 is 38.7. The van der Waals surface area contributed by atoms with Gasteiger partial charge in [0.1, 0.15) is 0 Å². The summed E-state index contributed by atoms with van der Waals surface area (Å²) in [5, 5.41) is 0. The third kappa shape index (κ3) is 5.66. The maximum absolute atomic E-state index is 12.9. The zero-order valence-corrected chi connectivity index (χ0v) is 11.8. The first kappa shape index (κ1) is 16.1. The first-order valence-electron chi connectivity index (χ1n) is 7.12. The van der Waals surface area contributed by atoms with Crippen molar-refractivity contribution in [1.82, 2.24) is 0 Å². The lowest BCUT2D eigenvalue weighted by Gasteiger charge is -2.13. The Bertz CT molecular complexity index is 380. The lowest BCUT2D eigenvalue weighted by Crippen LogP contribution is -2.09. The van der Waals surface area contributed by atoms with Crippen LogP contribution < -0.4 is 0 Å². The number of benzene rings is 1.